The molecule has 0 aliphatic carbocycles. The van der Waals surface area contributed by atoms with Crippen LogP contribution in [-0.4, -0.2) is 15.3 Å². The molecule has 0 saturated carbocycles. The fourth-order valence-electron chi connectivity index (χ4n) is 4.73. The van der Waals surface area contributed by atoms with Crippen LogP contribution in [0.4, 0.5) is 17.1 Å². The van der Waals surface area contributed by atoms with Gasteiger partial charge in [-0.1, -0.05) is 49.4 Å². The molecule has 4 aromatic carbocycles. The lowest BCUT2D eigenvalue weighted by Crippen LogP contribution is -2.25. The zero-order chi connectivity index (χ0) is 25.3. The van der Waals surface area contributed by atoms with E-state index >= 15 is 0 Å². The van der Waals surface area contributed by atoms with Crippen LogP contribution in [0.2, 0.25) is 0 Å². The Morgan fingerprint density at radius 2 is 1.00 bits per heavy atom. The number of anilines is 3. The summed E-state index contributed by atoms with van der Waals surface area (Å²) in [4.78, 5) is 0. The third-order valence-electron chi connectivity index (χ3n) is 6.96. The highest BCUT2D eigenvalue weighted by Gasteiger charge is 2.32. The monoisotopic (exact) mass is 469 g/mol. The minimum atomic E-state index is -0.660. The van der Waals surface area contributed by atoms with Crippen LogP contribution in [0, 0.1) is 0 Å². The van der Waals surface area contributed by atoms with Gasteiger partial charge in [-0.2, -0.15) is 0 Å². The van der Waals surface area contributed by atoms with Crippen LogP contribution >= 0.6 is 0 Å². The first-order chi connectivity index (χ1) is 16.6. The summed E-state index contributed by atoms with van der Waals surface area (Å²) in [6, 6.07) is 24.1. The molecule has 0 radical (unpaired) electrons. The Morgan fingerprint density at radius 3 is 1.43 bits per heavy atom. The molecule has 4 aromatic rings. The molecule has 0 spiro atoms. The quantitative estimate of drug-likeness (QED) is 0.126. The molecule has 6 nitrogen and oxygen atoms in total. The summed E-state index contributed by atoms with van der Waals surface area (Å²) < 4.78 is 0. The fraction of sp³-hybridized carbons (Fsp3) is 0.172. The third kappa shape index (κ3) is 4.30. The lowest BCUT2D eigenvalue weighted by atomic mass is 9.70. The summed E-state index contributed by atoms with van der Waals surface area (Å²) in [6.07, 6.45) is 0.865. The van der Waals surface area contributed by atoms with Gasteiger partial charge in [0, 0.05) is 11.3 Å². The standard InChI is InChI=1S/C29H31N3O3/c1-3-22(18-6-11-26(33)23(30)14-18)17-4-7-19(8-5-17)29(2,20-9-12-27(34)24(31)15-20)21-10-13-28(35)25(32)16-21/h4-16,22,33-35H,3,30-32H2,1-2H3. The minimum absolute atomic E-state index is 0.0237. The van der Waals surface area contributed by atoms with Crippen molar-refractivity contribution in [1.29, 1.82) is 0 Å². The predicted molar refractivity (Wildman–Crippen MR) is 142 cm³/mol. The molecule has 180 valence electrons. The van der Waals surface area contributed by atoms with E-state index in [4.69, 9.17) is 17.2 Å². The zero-order valence-electron chi connectivity index (χ0n) is 19.9. The Hall–Kier alpha value is -4.32. The van der Waals surface area contributed by atoms with Gasteiger partial charge in [0.2, 0.25) is 0 Å². The van der Waals surface area contributed by atoms with E-state index in [1.165, 1.54) is 0 Å². The van der Waals surface area contributed by atoms with Crippen molar-refractivity contribution < 1.29 is 15.3 Å². The van der Waals surface area contributed by atoms with E-state index in [1.54, 1.807) is 30.3 Å². The van der Waals surface area contributed by atoms with Crippen molar-refractivity contribution in [2.75, 3.05) is 17.2 Å². The van der Waals surface area contributed by atoms with E-state index in [2.05, 4.69) is 38.1 Å². The van der Waals surface area contributed by atoms with Crippen molar-refractivity contribution in [3.8, 4) is 17.2 Å². The van der Waals surface area contributed by atoms with E-state index in [0.717, 1.165) is 34.2 Å². The van der Waals surface area contributed by atoms with Gasteiger partial charge in [-0.25, -0.2) is 0 Å². The van der Waals surface area contributed by atoms with Gasteiger partial charge in [-0.3, -0.25) is 0 Å². The van der Waals surface area contributed by atoms with Gasteiger partial charge in [0.1, 0.15) is 17.2 Å². The molecule has 0 aromatic heterocycles. The fourth-order valence-corrected chi connectivity index (χ4v) is 4.73. The molecule has 0 aliphatic rings. The Kier molecular flexibility index (Phi) is 6.22. The van der Waals surface area contributed by atoms with Crippen LogP contribution < -0.4 is 17.2 Å². The smallest absolute Gasteiger partial charge is 0.138 e. The highest BCUT2D eigenvalue weighted by molar-refractivity contribution is 5.63. The van der Waals surface area contributed by atoms with Gasteiger partial charge >= 0.3 is 0 Å². The molecule has 0 amide bonds. The Labute approximate surface area is 205 Å². The second-order valence-corrected chi connectivity index (χ2v) is 9.07. The Bertz CT molecular complexity index is 1310. The number of rotatable bonds is 6. The molecular formula is C29H31N3O3. The summed E-state index contributed by atoms with van der Waals surface area (Å²) in [5, 5.41) is 29.8. The maximum atomic E-state index is 10.00. The van der Waals surface area contributed by atoms with Crippen molar-refractivity contribution >= 4 is 17.1 Å². The molecule has 4 rings (SSSR count). The first kappa shape index (κ1) is 23.8. The summed E-state index contributed by atoms with van der Waals surface area (Å²) in [7, 11) is 0. The molecule has 1 unspecified atom stereocenters. The molecule has 6 heteroatoms. The topological polar surface area (TPSA) is 139 Å². The van der Waals surface area contributed by atoms with Gasteiger partial charge in [0.25, 0.3) is 0 Å². The first-order valence-corrected chi connectivity index (χ1v) is 11.5. The van der Waals surface area contributed by atoms with Crippen LogP contribution in [0.25, 0.3) is 0 Å². The normalized spacial score (nSPS) is 12.4. The lowest BCUT2D eigenvalue weighted by Gasteiger charge is -2.33. The molecule has 1 atom stereocenters. The van der Waals surface area contributed by atoms with Gasteiger partial charge in [-0.05, 0) is 77.6 Å². The van der Waals surface area contributed by atoms with Crippen LogP contribution in [0.3, 0.4) is 0 Å². The first-order valence-electron chi connectivity index (χ1n) is 11.5. The van der Waals surface area contributed by atoms with Crippen LogP contribution in [0.5, 0.6) is 17.2 Å². The van der Waals surface area contributed by atoms with Crippen molar-refractivity contribution in [2.45, 2.75) is 31.6 Å². The molecule has 0 bridgehead atoms. The van der Waals surface area contributed by atoms with Gasteiger partial charge in [0.15, 0.2) is 0 Å². The Morgan fingerprint density at radius 1 is 0.600 bits per heavy atom. The van der Waals surface area contributed by atoms with Crippen molar-refractivity contribution in [3.63, 3.8) is 0 Å². The van der Waals surface area contributed by atoms with Gasteiger partial charge in [0.05, 0.1) is 17.1 Å². The van der Waals surface area contributed by atoms with Crippen molar-refractivity contribution in [3.05, 3.63) is 107 Å². The average Bonchev–Trinajstić information content (AvgIpc) is 2.85. The second kappa shape index (κ2) is 9.14. The predicted octanol–water partition coefficient (Wildman–Crippen LogP) is 5.45. The highest BCUT2D eigenvalue weighted by Crippen LogP contribution is 2.43. The van der Waals surface area contributed by atoms with Gasteiger partial charge < -0.3 is 32.5 Å². The summed E-state index contributed by atoms with van der Waals surface area (Å²) in [6.45, 7) is 4.18. The van der Waals surface area contributed by atoms with E-state index in [1.807, 2.05) is 24.3 Å². The summed E-state index contributed by atoms with van der Waals surface area (Å²) in [5.74, 6) is 0.245. The van der Waals surface area contributed by atoms with E-state index in [9.17, 15) is 15.3 Å². The Balaban J connectivity index is 1.82. The van der Waals surface area contributed by atoms with E-state index in [0.29, 0.717) is 5.69 Å². The number of nitrogen functional groups attached to an aromatic ring is 3. The van der Waals surface area contributed by atoms with E-state index < -0.39 is 5.41 Å². The summed E-state index contributed by atoms with van der Waals surface area (Å²) >= 11 is 0. The van der Waals surface area contributed by atoms with Gasteiger partial charge in [-0.15, -0.1) is 0 Å². The zero-order valence-corrected chi connectivity index (χ0v) is 19.9. The number of phenolic OH excluding ortho intramolecular Hbond substituents is 3. The molecule has 0 saturated heterocycles. The van der Waals surface area contributed by atoms with Crippen LogP contribution in [0.1, 0.15) is 54.0 Å². The number of hydrogen-bond donors (Lipinski definition) is 6. The second-order valence-electron chi connectivity index (χ2n) is 9.07. The number of phenols is 3. The van der Waals surface area contributed by atoms with Crippen molar-refractivity contribution in [1.82, 2.24) is 0 Å². The maximum absolute atomic E-state index is 10.00. The highest BCUT2D eigenvalue weighted by atomic mass is 16.3. The molecule has 35 heavy (non-hydrogen) atoms. The van der Waals surface area contributed by atoms with E-state index in [-0.39, 0.29) is 34.5 Å². The largest absolute Gasteiger partial charge is 0.506 e. The summed E-state index contributed by atoms with van der Waals surface area (Å²) in [5.41, 5.74) is 23.2. The van der Waals surface area contributed by atoms with Crippen molar-refractivity contribution in [2.24, 2.45) is 0 Å². The molecule has 0 fully saturated rings. The molecular weight excluding hydrogens is 438 g/mol. The SMILES string of the molecule is CCC(c1ccc(C(C)(c2ccc(O)c(N)c2)c2ccc(O)c(N)c2)cc1)c1ccc(O)c(N)c1. The number of nitrogens with two attached hydrogens (primary N) is 3. The number of hydrogen-bond acceptors (Lipinski definition) is 6. The average molecular weight is 470 g/mol. The maximum Gasteiger partial charge on any atom is 0.138 e. The number of benzene rings is 4. The van der Waals surface area contributed by atoms with Crippen LogP contribution in [0.15, 0.2) is 78.9 Å². The molecule has 0 heterocycles. The lowest BCUT2D eigenvalue weighted by molar-refractivity contribution is 0.476. The molecule has 0 aliphatic heterocycles. The number of aromatic hydroxyl groups is 3. The van der Waals surface area contributed by atoms with Crippen LogP contribution in [-0.2, 0) is 5.41 Å². The third-order valence-corrected chi connectivity index (χ3v) is 6.96. The minimum Gasteiger partial charge on any atom is -0.506 e. The molecule has 9 N–H and O–H groups in total.